The molecule has 2 nitrogen and oxygen atoms in total. The minimum Gasteiger partial charge on any atom is -0.496 e. The summed E-state index contributed by atoms with van der Waals surface area (Å²) in [6.07, 6.45) is 6.85. The second kappa shape index (κ2) is 7.84. The largest absolute Gasteiger partial charge is 0.496 e. The van der Waals surface area contributed by atoms with Crippen molar-refractivity contribution in [2.45, 2.75) is 58.9 Å². The van der Waals surface area contributed by atoms with Gasteiger partial charge in [0.25, 0.3) is 0 Å². The van der Waals surface area contributed by atoms with Gasteiger partial charge in [-0.25, -0.2) is 0 Å². The van der Waals surface area contributed by atoms with E-state index >= 15 is 0 Å². The van der Waals surface area contributed by atoms with Crippen LogP contribution in [0.2, 0.25) is 0 Å². The topological polar surface area (TPSA) is 21.3 Å². The van der Waals surface area contributed by atoms with Crippen LogP contribution in [0.4, 0.5) is 0 Å². The first-order valence-corrected chi connectivity index (χ1v) is 8.57. The zero-order valence-electron chi connectivity index (χ0n) is 14.1. The molecule has 0 spiro atoms. The molecule has 1 fully saturated rings. The summed E-state index contributed by atoms with van der Waals surface area (Å²) in [7, 11) is 1.77. The minimum atomic E-state index is 0.471. The molecule has 21 heavy (non-hydrogen) atoms. The Balaban J connectivity index is 2.21. The van der Waals surface area contributed by atoms with Crippen molar-refractivity contribution in [2.75, 3.05) is 13.7 Å². The first kappa shape index (κ1) is 16.4. The van der Waals surface area contributed by atoms with Crippen LogP contribution >= 0.6 is 0 Å². The van der Waals surface area contributed by atoms with Gasteiger partial charge in [0.15, 0.2) is 0 Å². The Labute approximate surface area is 130 Å². The number of hydrogen-bond acceptors (Lipinski definition) is 2. The summed E-state index contributed by atoms with van der Waals surface area (Å²) >= 11 is 0. The number of methoxy groups -OCH3 is 1. The number of rotatable bonds is 6. The molecule has 1 aromatic rings. The lowest BCUT2D eigenvalue weighted by molar-refractivity contribution is 0.210. The number of ether oxygens (including phenoxy) is 1. The van der Waals surface area contributed by atoms with E-state index in [4.69, 9.17) is 4.74 Å². The molecule has 1 saturated carbocycles. The zero-order valence-corrected chi connectivity index (χ0v) is 14.1. The Kier molecular flexibility index (Phi) is 6.10. The van der Waals surface area contributed by atoms with Crippen molar-refractivity contribution in [2.24, 2.45) is 11.8 Å². The lowest BCUT2D eigenvalue weighted by Crippen LogP contribution is -2.31. The van der Waals surface area contributed by atoms with Gasteiger partial charge in [0.2, 0.25) is 0 Å². The monoisotopic (exact) mass is 289 g/mol. The predicted octanol–water partition coefficient (Wildman–Crippen LogP) is 4.87. The van der Waals surface area contributed by atoms with Crippen LogP contribution in [0.3, 0.4) is 0 Å². The van der Waals surface area contributed by atoms with E-state index in [2.05, 4.69) is 44.3 Å². The number of aryl methyl sites for hydroxylation is 1. The highest BCUT2D eigenvalue weighted by molar-refractivity contribution is 5.38. The molecule has 0 aromatic heterocycles. The highest BCUT2D eigenvalue weighted by Crippen LogP contribution is 2.39. The predicted molar refractivity (Wildman–Crippen MR) is 89.9 cm³/mol. The summed E-state index contributed by atoms with van der Waals surface area (Å²) in [5.74, 6) is 2.69. The van der Waals surface area contributed by atoms with Gasteiger partial charge in [0.05, 0.1) is 7.11 Å². The van der Waals surface area contributed by atoms with Crippen LogP contribution in [-0.2, 0) is 0 Å². The molecular weight excluding hydrogens is 258 g/mol. The van der Waals surface area contributed by atoms with Crippen LogP contribution in [-0.4, -0.2) is 13.7 Å². The molecule has 1 aliphatic rings. The van der Waals surface area contributed by atoms with E-state index in [1.165, 1.54) is 43.2 Å². The smallest absolute Gasteiger partial charge is 0.122 e. The van der Waals surface area contributed by atoms with Gasteiger partial charge in [-0.05, 0) is 55.3 Å². The summed E-state index contributed by atoms with van der Waals surface area (Å²) in [5.41, 5.74) is 2.60. The molecule has 2 heteroatoms. The van der Waals surface area contributed by atoms with E-state index in [0.29, 0.717) is 6.04 Å². The number of nitrogens with one attached hydrogen (secondary N) is 1. The fourth-order valence-corrected chi connectivity index (χ4v) is 3.81. The molecule has 3 atom stereocenters. The van der Waals surface area contributed by atoms with Gasteiger partial charge in [-0.15, -0.1) is 0 Å². The molecule has 0 heterocycles. The number of benzene rings is 1. The molecule has 2 rings (SSSR count). The SMILES string of the molecule is CCNC(c1ccc(C)c(OC)c1)C1CCCC(CC)C1. The highest BCUT2D eigenvalue weighted by atomic mass is 16.5. The third-order valence-corrected chi connectivity index (χ3v) is 5.09. The normalized spacial score (nSPS) is 23.8. The van der Waals surface area contributed by atoms with Crippen molar-refractivity contribution in [3.63, 3.8) is 0 Å². The standard InChI is InChI=1S/C19H31NO/c1-5-15-8-7-9-16(12-15)19(20-6-2)17-11-10-14(3)18(13-17)21-4/h10-11,13,15-16,19-20H,5-9,12H2,1-4H3. The first-order valence-electron chi connectivity index (χ1n) is 8.57. The summed E-state index contributed by atoms with van der Waals surface area (Å²) < 4.78 is 5.52. The maximum absolute atomic E-state index is 5.52. The van der Waals surface area contributed by atoms with E-state index in [-0.39, 0.29) is 0 Å². The van der Waals surface area contributed by atoms with Crippen molar-refractivity contribution in [1.82, 2.24) is 5.32 Å². The Bertz CT molecular complexity index is 443. The zero-order chi connectivity index (χ0) is 15.2. The molecule has 1 aliphatic carbocycles. The Morgan fingerprint density at radius 3 is 2.76 bits per heavy atom. The van der Waals surface area contributed by atoms with E-state index < -0.39 is 0 Å². The molecule has 0 amide bonds. The van der Waals surface area contributed by atoms with E-state index in [1.807, 2.05) is 0 Å². The van der Waals surface area contributed by atoms with Gasteiger partial charge in [0, 0.05) is 6.04 Å². The molecule has 1 aromatic carbocycles. The van der Waals surface area contributed by atoms with Crippen LogP contribution in [0.25, 0.3) is 0 Å². The van der Waals surface area contributed by atoms with Gasteiger partial charge >= 0.3 is 0 Å². The second-order valence-electron chi connectivity index (χ2n) is 6.47. The number of hydrogen-bond donors (Lipinski definition) is 1. The van der Waals surface area contributed by atoms with E-state index in [9.17, 15) is 0 Å². The van der Waals surface area contributed by atoms with E-state index in [1.54, 1.807) is 7.11 Å². The van der Waals surface area contributed by atoms with E-state index in [0.717, 1.165) is 24.1 Å². The molecule has 0 saturated heterocycles. The molecule has 118 valence electrons. The van der Waals surface area contributed by atoms with Gasteiger partial charge < -0.3 is 10.1 Å². The fraction of sp³-hybridized carbons (Fsp3) is 0.684. The van der Waals surface area contributed by atoms with Crippen molar-refractivity contribution in [1.29, 1.82) is 0 Å². The molecule has 0 bridgehead atoms. The lowest BCUT2D eigenvalue weighted by Gasteiger charge is -2.35. The first-order chi connectivity index (χ1) is 10.2. The average molecular weight is 289 g/mol. The summed E-state index contributed by atoms with van der Waals surface area (Å²) in [5, 5.41) is 3.73. The quantitative estimate of drug-likeness (QED) is 0.806. The summed E-state index contributed by atoms with van der Waals surface area (Å²) in [6.45, 7) is 7.68. The average Bonchev–Trinajstić information content (AvgIpc) is 2.53. The third kappa shape index (κ3) is 4.00. The van der Waals surface area contributed by atoms with Gasteiger partial charge in [0.1, 0.15) is 5.75 Å². The third-order valence-electron chi connectivity index (χ3n) is 5.09. The summed E-state index contributed by atoms with van der Waals surface area (Å²) in [4.78, 5) is 0. The van der Waals surface area contributed by atoms with Crippen molar-refractivity contribution in [3.05, 3.63) is 29.3 Å². The van der Waals surface area contributed by atoms with Crippen LogP contribution < -0.4 is 10.1 Å². The Morgan fingerprint density at radius 2 is 2.10 bits per heavy atom. The van der Waals surface area contributed by atoms with Gasteiger partial charge in [-0.2, -0.15) is 0 Å². The van der Waals surface area contributed by atoms with Crippen molar-refractivity contribution in [3.8, 4) is 5.75 Å². The van der Waals surface area contributed by atoms with Gasteiger partial charge in [-0.1, -0.05) is 45.2 Å². The van der Waals surface area contributed by atoms with Crippen molar-refractivity contribution < 1.29 is 4.74 Å². The minimum absolute atomic E-state index is 0.471. The molecule has 0 aliphatic heterocycles. The molecule has 3 unspecified atom stereocenters. The maximum Gasteiger partial charge on any atom is 0.122 e. The maximum atomic E-state index is 5.52. The van der Waals surface area contributed by atoms with Crippen LogP contribution in [0.5, 0.6) is 5.75 Å². The summed E-state index contributed by atoms with van der Waals surface area (Å²) in [6, 6.07) is 7.18. The van der Waals surface area contributed by atoms with Crippen molar-refractivity contribution >= 4 is 0 Å². The van der Waals surface area contributed by atoms with Crippen LogP contribution in [0.15, 0.2) is 18.2 Å². The Hall–Kier alpha value is -1.02. The lowest BCUT2D eigenvalue weighted by atomic mass is 9.75. The highest BCUT2D eigenvalue weighted by Gasteiger charge is 2.28. The molecular formula is C19H31NO. The fourth-order valence-electron chi connectivity index (χ4n) is 3.81. The van der Waals surface area contributed by atoms with Gasteiger partial charge in [-0.3, -0.25) is 0 Å². The molecule has 0 radical (unpaired) electrons. The molecule has 1 N–H and O–H groups in total. The van der Waals surface area contributed by atoms with Crippen LogP contribution in [0.1, 0.15) is 63.1 Å². The second-order valence-corrected chi connectivity index (χ2v) is 6.47. The van der Waals surface area contributed by atoms with Crippen LogP contribution in [0, 0.1) is 18.8 Å². The Morgan fingerprint density at radius 1 is 1.29 bits per heavy atom.